The molecule has 0 fully saturated rings. The van der Waals surface area contributed by atoms with E-state index in [2.05, 4.69) is 16.1 Å². The molecule has 1 heterocycles. The molecule has 0 aromatic heterocycles. The molecule has 6 heavy (non-hydrogen) atoms. The van der Waals surface area contributed by atoms with Gasteiger partial charge in [0.2, 0.25) is 6.20 Å². The van der Waals surface area contributed by atoms with Crippen molar-refractivity contribution in [2.75, 3.05) is 0 Å². The number of hydrogen-bond donors (Lipinski definition) is 0. The Labute approximate surface area is 41.9 Å². The van der Waals surface area contributed by atoms with Crippen molar-refractivity contribution in [3.8, 4) is 0 Å². The van der Waals surface area contributed by atoms with Gasteiger partial charge in [-0.3, -0.25) is 4.74 Å². The summed E-state index contributed by atoms with van der Waals surface area (Å²) in [6, 6.07) is 0. The predicted octanol–water partition coefficient (Wildman–Crippen LogP) is -2.60. The molecule has 0 amide bonds. The first-order chi connectivity index (χ1) is 2.50. The number of halogens is 1. The zero-order valence-corrected chi connectivity index (χ0v) is 3.64. The molecular weight excluding hydrogens is 101 g/mol. The van der Waals surface area contributed by atoms with Gasteiger partial charge in [-0.05, 0) is 4.99 Å². The molecule has 0 unspecified atom stereocenters. The van der Waals surface area contributed by atoms with Crippen LogP contribution in [0.1, 0.15) is 0 Å². The number of ether oxygens (including phenoxy) is 1. The Hall–Kier alpha value is -0.590. The molecule has 0 N–H and O–H groups in total. The summed E-state index contributed by atoms with van der Waals surface area (Å²) in [5.41, 5.74) is 0. The summed E-state index contributed by atoms with van der Waals surface area (Å²) in [4.78, 5) is 3.43. The van der Waals surface area contributed by atoms with Crippen LogP contribution in [-0.2, 0) is 4.74 Å². The molecule has 0 saturated heterocycles. The van der Waals surface area contributed by atoms with Gasteiger partial charge in [-0.25, -0.2) is 0 Å². The van der Waals surface area contributed by atoms with E-state index in [-0.39, 0.29) is 12.4 Å². The van der Waals surface area contributed by atoms with Crippen LogP contribution in [0.5, 0.6) is 0 Å². The van der Waals surface area contributed by atoms with Crippen molar-refractivity contribution in [3.63, 3.8) is 0 Å². The summed E-state index contributed by atoms with van der Waals surface area (Å²) in [6.45, 7) is 0. The molecule has 32 valence electrons. The third kappa shape index (κ3) is 1.02. The smallest absolute Gasteiger partial charge is 0.369 e. The quantitative estimate of drug-likeness (QED) is 0.308. The van der Waals surface area contributed by atoms with Gasteiger partial charge >= 0.3 is 6.40 Å². The van der Waals surface area contributed by atoms with Crippen LogP contribution in [0.2, 0.25) is 0 Å². The number of aliphatic imine (C=N–C) groups is 1. The van der Waals surface area contributed by atoms with E-state index in [9.17, 15) is 0 Å². The van der Waals surface area contributed by atoms with Crippen molar-refractivity contribution in [1.29, 1.82) is 0 Å². The molecule has 0 aliphatic carbocycles. The van der Waals surface area contributed by atoms with E-state index in [1.54, 1.807) is 0 Å². The van der Waals surface area contributed by atoms with E-state index < -0.39 is 0 Å². The van der Waals surface area contributed by atoms with E-state index in [4.69, 9.17) is 0 Å². The maximum Gasteiger partial charge on any atom is 0.369 e. The number of hydrogen-bond acceptors (Lipinski definition) is 2. The first-order valence-corrected chi connectivity index (χ1v) is 1.25. The SMILES string of the molecule is [C+]1=NC=CO1.[Cl-]. The van der Waals surface area contributed by atoms with Crippen molar-refractivity contribution in [3.05, 3.63) is 12.5 Å². The normalized spacial score (nSPS) is 12.0. The van der Waals surface area contributed by atoms with E-state index in [1.165, 1.54) is 12.5 Å². The van der Waals surface area contributed by atoms with Gasteiger partial charge in [0.05, 0.1) is 0 Å². The Kier molecular flexibility index (Phi) is 2.38. The first-order valence-electron chi connectivity index (χ1n) is 1.25. The Bertz CT molecular complexity index is 68.9. The van der Waals surface area contributed by atoms with Gasteiger partial charge in [0.25, 0.3) is 6.26 Å². The third-order valence-corrected chi connectivity index (χ3v) is 0.309. The van der Waals surface area contributed by atoms with Gasteiger partial charge in [-0.2, -0.15) is 0 Å². The Balaban J connectivity index is 0.000000250. The van der Waals surface area contributed by atoms with Crippen molar-refractivity contribution in [2.45, 2.75) is 0 Å². The Morgan fingerprint density at radius 1 is 1.67 bits per heavy atom. The monoisotopic (exact) mass is 103 g/mol. The van der Waals surface area contributed by atoms with Crippen molar-refractivity contribution >= 4 is 6.40 Å². The van der Waals surface area contributed by atoms with Crippen LogP contribution in [0.25, 0.3) is 0 Å². The fourth-order valence-corrected chi connectivity index (χ4v) is 0.152. The topological polar surface area (TPSA) is 21.6 Å². The van der Waals surface area contributed by atoms with E-state index in [0.717, 1.165) is 0 Å². The van der Waals surface area contributed by atoms with E-state index in [1.807, 2.05) is 0 Å². The second-order valence-corrected chi connectivity index (χ2v) is 0.623. The van der Waals surface area contributed by atoms with Crippen LogP contribution >= 0.6 is 0 Å². The Morgan fingerprint density at radius 3 is 2.67 bits per heavy atom. The highest BCUT2D eigenvalue weighted by Gasteiger charge is 1.89. The summed E-state index contributed by atoms with van der Waals surface area (Å²) in [5, 5.41) is 0. The molecule has 0 aromatic rings. The molecule has 0 saturated carbocycles. The maximum absolute atomic E-state index is 4.35. The summed E-state index contributed by atoms with van der Waals surface area (Å²) in [7, 11) is 0. The fourth-order valence-electron chi connectivity index (χ4n) is 0.152. The first kappa shape index (κ1) is 5.41. The minimum absolute atomic E-state index is 0. The zero-order chi connectivity index (χ0) is 3.54. The molecule has 0 radical (unpaired) electrons. The highest BCUT2D eigenvalue weighted by Crippen LogP contribution is 1.81. The number of nitrogens with zero attached hydrogens (tertiary/aromatic N) is 1. The molecule has 0 bridgehead atoms. The summed E-state index contributed by atoms with van der Waals surface area (Å²) in [5.74, 6) is 0. The van der Waals surface area contributed by atoms with Gasteiger partial charge < -0.3 is 12.4 Å². The molecule has 0 aromatic carbocycles. The van der Waals surface area contributed by atoms with Crippen molar-refractivity contribution < 1.29 is 17.1 Å². The van der Waals surface area contributed by atoms with Crippen LogP contribution in [-0.4, -0.2) is 6.40 Å². The highest BCUT2D eigenvalue weighted by atomic mass is 35.5. The molecule has 2 nitrogen and oxygen atoms in total. The Morgan fingerprint density at radius 2 is 2.50 bits per heavy atom. The van der Waals surface area contributed by atoms with Gasteiger partial charge in [0.1, 0.15) is 0 Å². The van der Waals surface area contributed by atoms with E-state index >= 15 is 0 Å². The molecule has 1 aliphatic heterocycles. The van der Waals surface area contributed by atoms with Gasteiger partial charge in [-0.15, -0.1) is 0 Å². The fraction of sp³-hybridized carbons (Fsp3) is 0. The van der Waals surface area contributed by atoms with Crippen molar-refractivity contribution in [2.24, 2.45) is 4.99 Å². The summed E-state index contributed by atoms with van der Waals surface area (Å²) >= 11 is 0. The molecule has 0 spiro atoms. The maximum atomic E-state index is 4.35. The lowest BCUT2D eigenvalue weighted by Gasteiger charge is -1.49. The largest absolute Gasteiger partial charge is 1.00 e. The number of rotatable bonds is 0. The summed E-state index contributed by atoms with van der Waals surface area (Å²) < 4.78 is 4.35. The summed E-state index contributed by atoms with van der Waals surface area (Å²) in [6.07, 6.45) is 5.22. The zero-order valence-electron chi connectivity index (χ0n) is 2.89. The lowest BCUT2D eigenvalue weighted by Crippen LogP contribution is -3.00. The third-order valence-electron chi connectivity index (χ3n) is 0.309. The van der Waals surface area contributed by atoms with Crippen LogP contribution in [0.3, 0.4) is 0 Å². The van der Waals surface area contributed by atoms with Gasteiger partial charge in [-0.1, -0.05) is 0 Å². The average molecular weight is 104 g/mol. The molecular formula is C3H2ClNO. The van der Waals surface area contributed by atoms with E-state index in [0.29, 0.717) is 0 Å². The van der Waals surface area contributed by atoms with Crippen LogP contribution < -0.4 is 12.4 Å². The van der Waals surface area contributed by atoms with Crippen LogP contribution in [0, 0.1) is 0 Å². The minimum Gasteiger partial charge on any atom is -1.00 e. The molecule has 0 atom stereocenters. The molecule has 3 heteroatoms. The lowest BCUT2D eigenvalue weighted by molar-refractivity contribution is -0.00000145. The van der Waals surface area contributed by atoms with Crippen LogP contribution in [0.4, 0.5) is 0 Å². The van der Waals surface area contributed by atoms with Gasteiger partial charge in [0, 0.05) is 0 Å². The van der Waals surface area contributed by atoms with Crippen molar-refractivity contribution in [1.82, 2.24) is 0 Å². The standard InChI is InChI=1S/C3H2NO.ClH/c1-2-5-3-4-1;/h1-2H;1H/q+1;/p-1. The average Bonchev–Trinajstić information content (AvgIpc) is 1.76. The van der Waals surface area contributed by atoms with Crippen LogP contribution in [0.15, 0.2) is 17.5 Å². The minimum atomic E-state index is 0. The lowest BCUT2D eigenvalue weighted by atomic mass is 11.0. The second kappa shape index (κ2) is 2.64. The predicted molar refractivity (Wildman–Crippen MR) is 17.7 cm³/mol. The highest BCUT2D eigenvalue weighted by molar-refractivity contribution is 5.50. The van der Waals surface area contributed by atoms with Gasteiger partial charge in [0.15, 0.2) is 0 Å². The second-order valence-electron chi connectivity index (χ2n) is 0.623. The molecule has 1 aliphatic rings. The molecule has 1 rings (SSSR count).